The SMILES string of the molecule is FC1(F)CCN(CCCOc2cc(OC(F)(F)F)ccc2Br)CC1. The molecular weight excluding hydrogens is 401 g/mol. The molecule has 9 heteroatoms. The molecule has 0 spiro atoms. The van der Waals surface area contributed by atoms with Gasteiger partial charge in [-0.3, -0.25) is 0 Å². The van der Waals surface area contributed by atoms with Gasteiger partial charge in [0.25, 0.3) is 5.92 Å². The van der Waals surface area contributed by atoms with Gasteiger partial charge in [-0.15, -0.1) is 13.2 Å². The first-order valence-electron chi connectivity index (χ1n) is 7.43. The zero-order valence-corrected chi connectivity index (χ0v) is 14.3. The van der Waals surface area contributed by atoms with E-state index in [0.29, 0.717) is 30.5 Å². The number of halogens is 6. The van der Waals surface area contributed by atoms with Gasteiger partial charge in [-0.2, -0.15) is 0 Å². The van der Waals surface area contributed by atoms with Crippen molar-refractivity contribution in [1.29, 1.82) is 0 Å². The minimum absolute atomic E-state index is 0.143. The second kappa shape index (κ2) is 7.86. The lowest BCUT2D eigenvalue weighted by atomic mass is 10.1. The van der Waals surface area contributed by atoms with Crippen LogP contribution in [0.1, 0.15) is 19.3 Å². The summed E-state index contributed by atoms with van der Waals surface area (Å²) >= 11 is 3.20. The second-order valence-electron chi connectivity index (χ2n) is 5.54. The van der Waals surface area contributed by atoms with Crippen molar-refractivity contribution in [3.05, 3.63) is 22.7 Å². The summed E-state index contributed by atoms with van der Waals surface area (Å²) in [6, 6.07) is 3.74. The lowest BCUT2D eigenvalue weighted by Gasteiger charge is -2.31. The quantitative estimate of drug-likeness (QED) is 0.487. The summed E-state index contributed by atoms with van der Waals surface area (Å²) < 4.78 is 72.5. The standard InChI is InChI=1S/C15H17BrF5NO2/c16-12-3-2-11(24-15(19,20)21)10-13(12)23-9-1-6-22-7-4-14(17,18)5-8-22/h2-3,10H,1,4-9H2. The molecule has 1 aliphatic heterocycles. The fraction of sp³-hybridized carbons (Fsp3) is 0.600. The summed E-state index contributed by atoms with van der Waals surface area (Å²) in [4.78, 5) is 1.93. The molecule has 24 heavy (non-hydrogen) atoms. The molecule has 1 aliphatic rings. The molecule has 1 fully saturated rings. The van der Waals surface area contributed by atoms with E-state index in [1.54, 1.807) is 0 Å². The number of hydrogen-bond donors (Lipinski definition) is 0. The van der Waals surface area contributed by atoms with E-state index in [0.717, 1.165) is 6.07 Å². The molecule has 2 rings (SSSR count). The lowest BCUT2D eigenvalue weighted by molar-refractivity contribution is -0.274. The minimum atomic E-state index is -4.76. The van der Waals surface area contributed by atoms with Crippen LogP contribution in [-0.2, 0) is 0 Å². The second-order valence-corrected chi connectivity index (χ2v) is 6.39. The van der Waals surface area contributed by atoms with Crippen LogP contribution in [0.2, 0.25) is 0 Å². The van der Waals surface area contributed by atoms with Gasteiger partial charge >= 0.3 is 6.36 Å². The summed E-state index contributed by atoms with van der Waals surface area (Å²) in [7, 11) is 0. The maximum absolute atomic E-state index is 13.0. The number of rotatable bonds is 6. The molecular formula is C15H17BrF5NO2. The molecule has 0 saturated carbocycles. The molecule has 0 aromatic heterocycles. The Labute approximate surface area is 144 Å². The monoisotopic (exact) mass is 417 g/mol. The van der Waals surface area contributed by atoms with Crippen LogP contribution in [0, 0.1) is 0 Å². The van der Waals surface area contributed by atoms with Gasteiger partial charge in [-0.25, -0.2) is 8.78 Å². The molecule has 0 aliphatic carbocycles. The average molecular weight is 418 g/mol. The molecule has 1 saturated heterocycles. The van der Waals surface area contributed by atoms with Gasteiger partial charge in [0, 0.05) is 38.5 Å². The van der Waals surface area contributed by atoms with E-state index in [-0.39, 0.29) is 30.9 Å². The van der Waals surface area contributed by atoms with Crippen molar-refractivity contribution in [1.82, 2.24) is 4.90 Å². The number of nitrogens with zero attached hydrogens (tertiary/aromatic N) is 1. The Balaban J connectivity index is 1.77. The van der Waals surface area contributed by atoms with Gasteiger partial charge in [-0.05, 0) is 34.5 Å². The predicted molar refractivity (Wildman–Crippen MR) is 81.6 cm³/mol. The smallest absolute Gasteiger partial charge is 0.492 e. The van der Waals surface area contributed by atoms with Crippen LogP contribution >= 0.6 is 15.9 Å². The molecule has 0 unspecified atom stereocenters. The van der Waals surface area contributed by atoms with Crippen molar-refractivity contribution in [3.63, 3.8) is 0 Å². The minimum Gasteiger partial charge on any atom is -0.492 e. The normalized spacial score (nSPS) is 18.4. The molecule has 0 N–H and O–H groups in total. The Morgan fingerprint density at radius 2 is 1.83 bits per heavy atom. The molecule has 0 bridgehead atoms. The van der Waals surface area contributed by atoms with E-state index in [1.165, 1.54) is 12.1 Å². The third-order valence-corrected chi connectivity index (χ3v) is 4.26. The largest absolute Gasteiger partial charge is 0.573 e. The van der Waals surface area contributed by atoms with Gasteiger partial charge in [0.05, 0.1) is 11.1 Å². The molecule has 136 valence electrons. The molecule has 3 nitrogen and oxygen atoms in total. The van der Waals surface area contributed by atoms with Crippen LogP contribution in [0.5, 0.6) is 11.5 Å². The fourth-order valence-electron chi connectivity index (χ4n) is 2.37. The zero-order chi connectivity index (χ0) is 17.8. The summed E-state index contributed by atoms with van der Waals surface area (Å²) in [6.45, 7) is 1.55. The molecule has 0 amide bonds. The van der Waals surface area contributed by atoms with E-state index in [2.05, 4.69) is 20.7 Å². The third kappa shape index (κ3) is 6.43. The Morgan fingerprint density at radius 3 is 2.46 bits per heavy atom. The first kappa shape index (κ1) is 19.2. The Bertz CT molecular complexity index is 543. The lowest BCUT2D eigenvalue weighted by Crippen LogP contribution is -2.40. The van der Waals surface area contributed by atoms with Gasteiger partial charge in [0.2, 0.25) is 0 Å². The molecule has 0 radical (unpaired) electrons. The summed E-state index contributed by atoms with van der Waals surface area (Å²) in [5, 5.41) is 0. The molecule has 1 heterocycles. The number of benzene rings is 1. The van der Waals surface area contributed by atoms with Crippen molar-refractivity contribution < 1.29 is 31.4 Å². The highest BCUT2D eigenvalue weighted by Crippen LogP contribution is 2.32. The summed E-state index contributed by atoms with van der Waals surface area (Å²) in [5.74, 6) is -2.70. The van der Waals surface area contributed by atoms with E-state index in [1.807, 2.05) is 4.90 Å². The summed E-state index contributed by atoms with van der Waals surface area (Å²) in [6.07, 6.45) is -4.46. The highest BCUT2D eigenvalue weighted by Gasteiger charge is 2.33. The Hall–Kier alpha value is -1.09. The number of piperidine rings is 1. The fourth-order valence-corrected chi connectivity index (χ4v) is 2.73. The van der Waals surface area contributed by atoms with E-state index in [9.17, 15) is 22.0 Å². The van der Waals surface area contributed by atoms with Crippen LogP contribution in [0.4, 0.5) is 22.0 Å². The van der Waals surface area contributed by atoms with Crippen LogP contribution in [0.15, 0.2) is 22.7 Å². The molecule has 0 atom stereocenters. The number of likely N-dealkylation sites (tertiary alicyclic amines) is 1. The number of ether oxygens (including phenoxy) is 2. The van der Waals surface area contributed by atoms with Gasteiger partial charge in [0.1, 0.15) is 11.5 Å². The van der Waals surface area contributed by atoms with E-state index < -0.39 is 12.3 Å². The third-order valence-electron chi connectivity index (χ3n) is 3.60. The zero-order valence-electron chi connectivity index (χ0n) is 12.7. The highest BCUT2D eigenvalue weighted by molar-refractivity contribution is 9.10. The van der Waals surface area contributed by atoms with Crippen LogP contribution < -0.4 is 9.47 Å². The first-order valence-corrected chi connectivity index (χ1v) is 8.22. The topological polar surface area (TPSA) is 21.7 Å². The van der Waals surface area contributed by atoms with E-state index in [4.69, 9.17) is 4.74 Å². The van der Waals surface area contributed by atoms with Gasteiger partial charge in [0.15, 0.2) is 0 Å². The van der Waals surface area contributed by atoms with Crippen LogP contribution in [0.25, 0.3) is 0 Å². The van der Waals surface area contributed by atoms with Crippen LogP contribution in [0.3, 0.4) is 0 Å². The number of hydrogen-bond acceptors (Lipinski definition) is 3. The molecule has 1 aromatic rings. The maximum atomic E-state index is 13.0. The van der Waals surface area contributed by atoms with Crippen molar-refractivity contribution in [2.45, 2.75) is 31.5 Å². The van der Waals surface area contributed by atoms with Crippen LogP contribution in [-0.4, -0.2) is 43.4 Å². The maximum Gasteiger partial charge on any atom is 0.573 e. The van der Waals surface area contributed by atoms with Crippen molar-refractivity contribution in [2.24, 2.45) is 0 Å². The Kier molecular flexibility index (Phi) is 6.30. The van der Waals surface area contributed by atoms with E-state index >= 15 is 0 Å². The summed E-state index contributed by atoms with van der Waals surface area (Å²) in [5.41, 5.74) is 0. The first-order chi connectivity index (χ1) is 11.1. The highest BCUT2D eigenvalue weighted by atomic mass is 79.9. The predicted octanol–water partition coefficient (Wildman–Crippen LogP) is 4.85. The van der Waals surface area contributed by atoms with Crippen molar-refractivity contribution >= 4 is 15.9 Å². The number of alkyl halides is 5. The Morgan fingerprint density at radius 1 is 1.17 bits per heavy atom. The molecule has 1 aromatic carbocycles. The van der Waals surface area contributed by atoms with Gasteiger partial charge in [-0.1, -0.05) is 0 Å². The van der Waals surface area contributed by atoms with Gasteiger partial charge < -0.3 is 14.4 Å². The van der Waals surface area contributed by atoms with Crippen molar-refractivity contribution in [2.75, 3.05) is 26.2 Å². The van der Waals surface area contributed by atoms with Crippen molar-refractivity contribution in [3.8, 4) is 11.5 Å². The average Bonchev–Trinajstić information content (AvgIpc) is 2.46.